The molecule has 3 heteroatoms. The number of rotatable bonds is 4. The van der Waals surface area contributed by atoms with Crippen molar-refractivity contribution in [2.75, 3.05) is 0 Å². The molecule has 0 N–H and O–H groups in total. The summed E-state index contributed by atoms with van der Waals surface area (Å²) in [6.45, 7) is 10.1. The van der Waals surface area contributed by atoms with Crippen LogP contribution in [0.2, 0.25) is 19.6 Å². The summed E-state index contributed by atoms with van der Waals surface area (Å²) in [5.74, 6) is 0. The second kappa shape index (κ2) is 5.51. The molecule has 0 amide bonds. The molecule has 0 aliphatic rings. The van der Waals surface area contributed by atoms with Crippen LogP contribution >= 0.6 is 0 Å². The average Bonchev–Trinajstić information content (AvgIpc) is 2.24. The van der Waals surface area contributed by atoms with Crippen LogP contribution in [0.5, 0.6) is 0 Å². The summed E-state index contributed by atoms with van der Waals surface area (Å²) < 4.78 is 5.92. The SMILES string of the molecule is Cc1cccc(/C=C/[C@@](C)(C#N)O[Si](C)(C)C)c1. The normalized spacial score (nSPS) is 15.3. The maximum Gasteiger partial charge on any atom is 0.186 e. The van der Waals surface area contributed by atoms with Crippen molar-refractivity contribution in [3.63, 3.8) is 0 Å². The Morgan fingerprint density at radius 2 is 2.00 bits per heavy atom. The van der Waals surface area contributed by atoms with Crippen molar-refractivity contribution in [1.29, 1.82) is 5.26 Å². The molecule has 0 saturated carbocycles. The van der Waals surface area contributed by atoms with Crippen molar-refractivity contribution < 1.29 is 4.43 Å². The highest BCUT2D eigenvalue weighted by atomic mass is 28.4. The van der Waals surface area contributed by atoms with Gasteiger partial charge in [0.1, 0.15) is 6.07 Å². The van der Waals surface area contributed by atoms with Crippen molar-refractivity contribution in [2.45, 2.75) is 39.1 Å². The summed E-state index contributed by atoms with van der Waals surface area (Å²) in [5.41, 5.74) is 1.46. The molecular weight excluding hydrogens is 238 g/mol. The Balaban J connectivity index is 2.90. The van der Waals surface area contributed by atoms with Gasteiger partial charge in [-0.05, 0) is 45.1 Å². The minimum atomic E-state index is -1.74. The van der Waals surface area contributed by atoms with Gasteiger partial charge in [-0.2, -0.15) is 5.26 Å². The predicted molar refractivity (Wildman–Crippen MR) is 78.7 cm³/mol. The molecule has 1 aromatic rings. The van der Waals surface area contributed by atoms with E-state index in [0.29, 0.717) is 0 Å². The fourth-order valence-corrected chi connectivity index (χ4v) is 3.14. The fraction of sp³-hybridized carbons (Fsp3) is 0.400. The first kappa shape index (κ1) is 14.7. The molecule has 0 aliphatic heterocycles. The fourth-order valence-electron chi connectivity index (χ4n) is 1.76. The number of nitrogens with zero attached hydrogens (tertiary/aromatic N) is 1. The van der Waals surface area contributed by atoms with E-state index in [1.807, 2.05) is 31.2 Å². The van der Waals surface area contributed by atoms with Crippen LogP contribution in [0.15, 0.2) is 30.3 Å². The second-order valence-corrected chi connectivity index (χ2v) is 10.1. The number of benzene rings is 1. The summed E-state index contributed by atoms with van der Waals surface area (Å²) >= 11 is 0. The molecule has 0 bridgehead atoms. The molecule has 0 saturated heterocycles. The van der Waals surface area contributed by atoms with Crippen molar-refractivity contribution in [3.05, 3.63) is 41.5 Å². The van der Waals surface area contributed by atoms with E-state index in [-0.39, 0.29) is 0 Å². The zero-order valence-corrected chi connectivity index (χ0v) is 12.8. The van der Waals surface area contributed by atoms with Crippen LogP contribution in [0.3, 0.4) is 0 Å². The van der Waals surface area contributed by atoms with Gasteiger partial charge in [0.2, 0.25) is 0 Å². The number of hydrogen-bond donors (Lipinski definition) is 0. The van der Waals surface area contributed by atoms with Gasteiger partial charge in [-0.25, -0.2) is 0 Å². The number of hydrogen-bond acceptors (Lipinski definition) is 2. The predicted octanol–water partition coefficient (Wildman–Crippen LogP) is 4.14. The van der Waals surface area contributed by atoms with Gasteiger partial charge in [-0.1, -0.05) is 35.9 Å². The van der Waals surface area contributed by atoms with E-state index >= 15 is 0 Å². The molecule has 0 aliphatic carbocycles. The summed E-state index contributed by atoms with van der Waals surface area (Å²) in [7, 11) is -1.74. The zero-order chi connectivity index (χ0) is 13.8. The Kier molecular flexibility index (Phi) is 4.50. The third-order valence-electron chi connectivity index (χ3n) is 2.38. The highest BCUT2D eigenvalue weighted by Gasteiger charge is 2.29. The Hall–Kier alpha value is -1.37. The van der Waals surface area contributed by atoms with Gasteiger partial charge in [0.15, 0.2) is 13.9 Å². The van der Waals surface area contributed by atoms with E-state index < -0.39 is 13.9 Å². The van der Waals surface area contributed by atoms with Crippen molar-refractivity contribution in [1.82, 2.24) is 0 Å². The molecule has 18 heavy (non-hydrogen) atoms. The van der Waals surface area contributed by atoms with E-state index in [2.05, 4.69) is 44.8 Å². The van der Waals surface area contributed by atoms with E-state index in [4.69, 9.17) is 4.43 Å². The summed E-state index contributed by atoms with van der Waals surface area (Å²) in [4.78, 5) is 0. The van der Waals surface area contributed by atoms with E-state index in [1.54, 1.807) is 0 Å². The van der Waals surface area contributed by atoms with Gasteiger partial charge in [-0.3, -0.25) is 0 Å². The van der Waals surface area contributed by atoms with Crippen LogP contribution in [0.4, 0.5) is 0 Å². The van der Waals surface area contributed by atoms with Crippen LogP contribution < -0.4 is 0 Å². The Morgan fingerprint density at radius 3 is 2.50 bits per heavy atom. The standard InChI is InChI=1S/C15H21NOSi/c1-13-7-6-8-14(11-13)9-10-15(2,12-16)17-18(3,4)5/h6-11H,1-5H3/b10-9+/t15-/m0/s1. The molecule has 1 rings (SSSR count). The first-order valence-electron chi connectivity index (χ1n) is 6.11. The number of nitriles is 1. The maximum absolute atomic E-state index is 9.28. The van der Waals surface area contributed by atoms with Crippen LogP contribution in [-0.2, 0) is 4.43 Å². The third-order valence-corrected chi connectivity index (χ3v) is 3.41. The van der Waals surface area contributed by atoms with Gasteiger partial charge in [0.25, 0.3) is 0 Å². The molecule has 0 unspecified atom stereocenters. The lowest BCUT2D eigenvalue weighted by Crippen LogP contribution is -2.38. The largest absolute Gasteiger partial charge is 0.397 e. The van der Waals surface area contributed by atoms with Crippen LogP contribution in [-0.4, -0.2) is 13.9 Å². The summed E-state index contributed by atoms with van der Waals surface area (Å²) in [5, 5.41) is 9.28. The van der Waals surface area contributed by atoms with Crippen LogP contribution in [0.1, 0.15) is 18.1 Å². The Labute approximate surface area is 111 Å². The van der Waals surface area contributed by atoms with Crippen molar-refractivity contribution in [2.24, 2.45) is 0 Å². The lowest BCUT2D eigenvalue weighted by Gasteiger charge is -2.27. The topological polar surface area (TPSA) is 33.0 Å². The molecule has 1 atom stereocenters. The minimum absolute atomic E-state index is 0.839. The Morgan fingerprint density at radius 1 is 1.33 bits per heavy atom. The lowest BCUT2D eigenvalue weighted by atomic mass is 10.1. The van der Waals surface area contributed by atoms with Crippen LogP contribution in [0.25, 0.3) is 6.08 Å². The highest BCUT2D eigenvalue weighted by molar-refractivity contribution is 6.69. The van der Waals surface area contributed by atoms with Gasteiger partial charge < -0.3 is 4.43 Å². The maximum atomic E-state index is 9.28. The average molecular weight is 259 g/mol. The van der Waals surface area contributed by atoms with Gasteiger partial charge in [0.05, 0.1) is 0 Å². The van der Waals surface area contributed by atoms with E-state index in [1.165, 1.54) is 5.56 Å². The summed E-state index contributed by atoms with van der Waals surface area (Å²) in [6.07, 6.45) is 3.80. The minimum Gasteiger partial charge on any atom is -0.397 e. The molecule has 96 valence electrons. The molecule has 0 aromatic heterocycles. The van der Waals surface area contributed by atoms with Gasteiger partial charge in [0, 0.05) is 0 Å². The molecule has 2 nitrogen and oxygen atoms in total. The number of aryl methyl sites for hydroxylation is 1. The Bertz CT molecular complexity index is 482. The quantitative estimate of drug-likeness (QED) is 0.761. The molecule has 1 aromatic carbocycles. The van der Waals surface area contributed by atoms with Gasteiger partial charge >= 0.3 is 0 Å². The van der Waals surface area contributed by atoms with E-state index in [0.717, 1.165) is 5.56 Å². The molecule has 0 heterocycles. The summed E-state index contributed by atoms with van der Waals surface area (Å²) in [6, 6.07) is 10.4. The molecule has 0 fully saturated rings. The molecule has 0 radical (unpaired) electrons. The zero-order valence-electron chi connectivity index (χ0n) is 11.8. The van der Waals surface area contributed by atoms with Gasteiger partial charge in [-0.15, -0.1) is 0 Å². The first-order valence-corrected chi connectivity index (χ1v) is 9.52. The molecular formula is C15H21NOSi. The smallest absolute Gasteiger partial charge is 0.186 e. The third kappa shape index (κ3) is 4.87. The lowest BCUT2D eigenvalue weighted by molar-refractivity contribution is 0.193. The van der Waals surface area contributed by atoms with Crippen molar-refractivity contribution in [3.8, 4) is 6.07 Å². The van der Waals surface area contributed by atoms with Crippen molar-refractivity contribution >= 4 is 14.4 Å². The monoisotopic (exact) mass is 259 g/mol. The highest BCUT2D eigenvalue weighted by Crippen LogP contribution is 2.20. The first-order chi connectivity index (χ1) is 8.24. The van der Waals surface area contributed by atoms with Crippen LogP contribution in [0, 0.1) is 18.3 Å². The second-order valence-electron chi connectivity index (χ2n) is 5.68. The van der Waals surface area contributed by atoms with E-state index in [9.17, 15) is 5.26 Å². The molecule has 0 spiro atoms.